The molecule has 4 nitrogen and oxygen atoms in total. The number of aryl methyl sites for hydroxylation is 1. The van der Waals surface area contributed by atoms with Crippen LogP contribution in [0.25, 0.3) is 5.53 Å². The monoisotopic (exact) mass is 218 g/mol. The van der Waals surface area contributed by atoms with E-state index in [1.165, 1.54) is 0 Å². The fourth-order valence-corrected chi connectivity index (χ4v) is 1.41. The minimum absolute atomic E-state index is 0.0527. The van der Waals surface area contributed by atoms with E-state index in [0.717, 1.165) is 11.1 Å². The van der Waals surface area contributed by atoms with E-state index in [-0.39, 0.29) is 12.3 Å². The second kappa shape index (κ2) is 5.24. The zero-order valence-electron chi connectivity index (χ0n) is 9.65. The number of nitrogens with zero attached hydrogens (tertiary/aromatic N) is 2. The molecular formula is C12H14N2O2. The number of carbonyl (C=O) groups is 1. The van der Waals surface area contributed by atoms with Crippen molar-refractivity contribution in [2.45, 2.75) is 20.8 Å². The molecule has 0 amide bonds. The van der Waals surface area contributed by atoms with Crippen molar-refractivity contribution in [3.63, 3.8) is 0 Å². The number of benzene rings is 1. The lowest BCUT2D eigenvalue weighted by molar-refractivity contribution is -0.139. The van der Waals surface area contributed by atoms with Crippen LogP contribution in [0.3, 0.4) is 0 Å². The fourth-order valence-electron chi connectivity index (χ4n) is 1.41. The van der Waals surface area contributed by atoms with Gasteiger partial charge < -0.3 is 10.3 Å². The van der Waals surface area contributed by atoms with E-state index in [0.29, 0.717) is 5.56 Å². The predicted octanol–water partition coefficient (Wildman–Crippen LogP) is 1.89. The summed E-state index contributed by atoms with van der Waals surface area (Å²) in [6.45, 7) is 5.76. The standard InChI is InChI=1S/C12H14N2O2/c1-4-16-12(15)11(14-13)10-7-5-6-8(2)9(10)3/h5-7H,4H2,1-3H3. The zero-order valence-corrected chi connectivity index (χ0v) is 9.65. The molecule has 0 N–H and O–H groups in total. The van der Waals surface area contributed by atoms with Gasteiger partial charge in [0.25, 0.3) is 0 Å². The van der Waals surface area contributed by atoms with Gasteiger partial charge in [0.2, 0.25) is 0 Å². The Hall–Kier alpha value is -1.93. The smallest absolute Gasteiger partial charge is 0.422 e. The van der Waals surface area contributed by atoms with Gasteiger partial charge in [-0.1, -0.05) is 12.1 Å². The molecule has 0 atom stereocenters. The van der Waals surface area contributed by atoms with Crippen LogP contribution in [-0.2, 0) is 9.53 Å². The van der Waals surface area contributed by atoms with Crippen molar-refractivity contribution >= 4 is 11.7 Å². The minimum Gasteiger partial charge on any atom is -0.457 e. The van der Waals surface area contributed by atoms with Crippen LogP contribution >= 0.6 is 0 Å². The molecule has 1 aromatic rings. The third-order valence-corrected chi connectivity index (χ3v) is 2.43. The first-order chi connectivity index (χ1) is 7.61. The first-order valence-corrected chi connectivity index (χ1v) is 5.07. The number of rotatable bonds is 3. The first-order valence-electron chi connectivity index (χ1n) is 5.07. The maximum atomic E-state index is 11.5. The highest BCUT2D eigenvalue weighted by Crippen LogP contribution is 2.13. The van der Waals surface area contributed by atoms with Gasteiger partial charge in [-0.25, -0.2) is 4.79 Å². The predicted molar refractivity (Wildman–Crippen MR) is 60.3 cm³/mol. The first kappa shape index (κ1) is 12.1. The molecule has 0 aliphatic rings. The molecule has 0 saturated carbocycles. The minimum atomic E-state index is -0.612. The summed E-state index contributed by atoms with van der Waals surface area (Å²) >= 11 is 0. The summed E-state index contributed by atoms with van der Waals surface area (Å²) < 4.78 is 4.81. The van der Waals surface area contributed by atoms with Crippen LogP contribution in [-0.4, -0.2) is 23.1 Å². The van der Waals surface area contributed by atoms with Crippen molar-refractivity contribution < 1.29 is 14.3 Å². The van der Waals surface area contributed by atoms with Gasteiger partial charge in [0.1, 0.15) is 0 Å². The van der Waals surface area contributed by atoms with E-state index in [2.05, 4.69) is 4.79 Å². The molecule has 16 heavy (non-hydrogen) atoms. The summed E-state index contributed by atoms with van der Waals surface area (Å²) in [5.41, 5.74) is 11.4. The number of hydrogen-bond donors (Lipinski definition) is 0. The fraction of sp³-hybridized carbons (Fsp3) is 0.333. The normalized spacial score (nSPS) is 9.44. The molecule has 0 saturated heterocycles. The summed E-state index contributed by atoms with van der Waals surface area (Å²) in [6.07, 6.45) is 0. The van der Waals surface area contributed by atoms with E-state index in [1.807, 2.05) is 26.0 Å². The van der Waals surface area contributed by atoms with E-state index >= 15 is 0 Å². The van der Waals surface area contributed by atoms with E-state index in [9.17, 15) is 4.79 Å². The van der Waals surface area contributed by atoms with Crippen LogP contribution in [0.2, 0.25) is 0 Å². The Kier molecular flexibility index (Phi) is 3.97. The van der Waals surface area contributed by atoms with E-state index in [4.69, 9.17) is 10.3 Å². The molecular weight excluding hydrogens is 204 g/mol. The summed E-state index contributed by atoms with van der Waals surface area (Å²) in [6, 6.07) is 5.47. The van der Waals surface area contributed by atoms with Gasteiger partial charge in [-0.3, -0.25) is 0 Å². The van der Waals surface area contributed by atoms with Gasteiger partial charge in [0.05, 0.1) is 12.2 Å². The summed E-state index contributed by atoms with van der Waals surface area (Å²) in [5.74, 6) is -0.612. The largest absolute Gasteiger partial charge is 0.457 e. The van der Waals surface area contributed by atoms with Gasteiger partial charge in [-0.15, -0.1) is 0 Å². The summed E-state index contributed by atoms with van der Waals surface area (Å²) in [4.78, 5) is 14.5. The van der Waals surface area contributed by atoms with Crippen LogP contribution in [0.15, 0.2) is 18.2 Å². The van der Waals surface area contributed by atoms with Gasteiger partial charge >= 0.3 is 11.7 Å². The number of hydrogen-bond acceptors (Lipinski definition) is 2. The number of carbonyl (C=O) groups excluding carboxylic acids is 1. The van der Waals surface area contributed by atoms with Crippen molar-refractivity contribution in [2.75, 3.05) is 6.61 Å². The van der Waals surface area contributed by atoms with Crippen LogP contribution in [0.1, 0.15) is 23.6 Å². The SMILES string of the molecule is CCOC(=O)C(=[N+]=[N-])c1cccc(C)c1C. The summed E-state index contributed by atoms with van der Waals surface area (Å²) in [5, 5.41) is 0. The van der Waals surface area contributed by atoms with Crippen molar-refractivity contribution in [3.05, 3.63) is 40.4 Å². The third kappa shape index (κ3) is 2.35. The molecule has 0 aliphatic carbocycles. The Bertz CT molecular complexity index is 460. The van der Waals surface area contributed by atoms with Crippen LogP contribution in [0, 0.1) is 13.8 Å². The highest BCUT2D eigenvalue weighted by Gasteiger charge is 2.26. The van der Waals surface area contributed by atoms with Crippen molar-refractivity contribution in [1.29, 1.82) is 0 Å². The molecule has 0 heterocycles. The number of ether oxygens (including phenoxy) is 1. The lowest BCUT2D eigenvalue weighted by atomic mass is 10.00. The number of esters is 1. The molecule has 0 spiro atoms. The lowest BCUT2D eigenvalue weighted by Crippen LogP contribution is -2.21. The van der Waals surface area contributed by atoms with Crippen molar-refractivity contribution in [1.82, 2.24) is 0 Å². The van der Waals surface area contributed by atoms with Crippen LogP contribution < -0.4 is 0 Å². The molecule has 0 unspecified atom stereocenters. The average Bonchev–Trinajstić information content (AvgIpc) is 2.25. The quantitative estimate of drug-likeness (QED) is 0.336. The van der Waals surface area contributed by atoms with Gasteiger partial charge in [-0.05, 0) is 38.0 Å². The van der Waals surface area contributed by atoms with E-state index < -0.39 is 5.97 Å². The van der Waals surface area contributed by atoms with Gasteiger partial charge in [0.15, 0.2) is 0 Å². The molecule has 1 aromatic carbocycles. The highest BCUT2D eigenvalue weighted by molar-refractivity contribution is 6.41. The van der Waals surface area contributed by atoms with Gasteiger partial charge in [0, 0.05) is 0 Å². The second-order valence-electron chi connectivity index (χ2n) is 3.42. The van der Waals surface area contributed by atoms with Gasteiger partial charge in [-0.2, -0.15) is 4.79 Å². The highest BCUT2D eigenvalue weighted by atomic mass is 16.5. The average molecular weight is 218 g/mol. The second-order valence-corrected chi connectivity index (χ2v) is 3.42. The molecule has 0 fully saturated rings. The molecule has 84 valence electrons. The molecule has 4 heteroatoms. The molecule has 0 aromatic heterocycles. The Labute approximate surface area is 94.5 Å². The van der Waals surface area contributed by atoms with E-state index in [1.54, 1.807) is 13.0 Å². The zero-order chi connectivity index (χ0) is 12.1. The molecule has 0 aliphatic heterocycles. The maximum Gasteiger partial charge on any atom is 0.422 e. The topological polar surface area (TPSA) is 62.7 Å². The third-order valence-electron chi connectivity index (χ3n) is 2.43. The van der Waals surface area contributed by atoms with Crippen LogP contribution in [0.4, 0.5) is 0 Å². The molecule has 1 rings (SSSR count). The Morgan fingerprint density at radius 3 is 2.69 bits per heavy atom. The van der Waals surface area contributed by atoms with Crippen molar-refractivity contribution in [3.8, 4) is 0 Å². The Morgan fingerprint density at radius 1 is 1.44 bits per heavy atom. The molecule has 0 bridgehead atoms. The Balaban J connectivity index is 3.21. The molecule has 0 radical (unpaired) electrons. The van der Waals surface area contributed by atoms with Crippen LogP contribution in [0.5, 0.6) is 0 Å². The maximum absolute atomic E-state index is 11.5. The summed E-state index contributed by atoms with van der Waals surface area (Å²) in [7, 11) is 0. The lowest BCUT2D eigenvalue weighted by Gasteiger charge is -2.04. The van der Waals surface area contributed by atoms with Crippen molar-refractivity contribution in [2.24, 2.45) is 0 Å². The Morgan fingerprint density at radius 2 is 2.12 bits per heavy atom.